The Kier molecular flexibility index (Phi) is 4.90. The Hall–Kier alpha value is -1.66. The maximum Gasteiger partial charge on any atom is 0.317 e. The highest BCUT2D eigenvalue weighted by molar-refractivity contribution is 5.74. The summed E-state index contributed by atoms with van der Waals surface area (Å²) in [6.45, 7) is 6.16. The second kappa shape index (κ2) is 7.30. The van der Waals surface area contributed by atoms with Gasteiger partial charge in [0.1, 0.15) is 0 Å². The summed E-state index contributed by atoms with van der Waals surface area (Å²) in [5.41, 5.74) is 1.15. The third-order valence-electron chi connectivity index (χ3n) is 5.95. The van der Waals surface area contributed by atoms with Crippen molar-refractivity contribution < 1.29 is 9.53 Å². The molecule has 1 aromatic heterocycles. The molecule has 25 heavy (non-hydrogen) atoms. The molecule has 4 heterocycles. The largest absolute Gasteiger partial charge is 0.381 e. The number of carbonyl (C=O) groups excluding carboxylic acids is 1. The molecule has 0 radical (unpaired) electrons. The molecule has 4 rings (SSSR count). The number of nitrogens with zero attached hydrogens (tertiary/aromatic N) is 3. The molecule has 3 aliphatic rings. The van der Waals surface area contributed by atoms with E-state index >= 15 is 0 Å². The zero-order valence-corrected chi connectivity index (χ0v) is 14.8. The van der Waals surface area contributed by atoms with E-state index in [4.69, 9.17) is 4.74 Å². The lowest BCUT2D eigenvalue weighted by molar-refractivity contribution is -0.0256. The van der Waals surface area contributed by atoms with Crippen molar-refractivity contribution in [3.8, 4) is 0 Å². The van der Waals surface area contributed by atoms with E-state index in [1.54, 1.807) is 0 Å². The number of rotatable bonds is 3. The van der Waals surface area contributed by atoms with Crippen LogP contribution in [0.25, 0.3) is 0 Å². The molecule has 0 unspecified atom stereocenters. The molecular weight excluding hydrogens is 316 g/mol. The van der Waals surface area contributed by atoms with Crippen molar-refractivity contribution >= 4 is 6.03 Å². The predicted octanol–water partition coefficient (Wildman–Crippen LogP) is 1.87. The van der Waals surface area contributed by atoms with Gasteiger partial charge in [0.05, 0.1) is 12.3 Å². The van der Waals surface area contributed by atoms with E-state index in [2.05, 4.69) is 21.3 Å². The van der Waals surface area contributed by atoms with Gasteiger partial charge in [-0.15, -0.1) is 0 Å². The number of aromatic nitrogens is 1. The summed E-state index contributed by atoms with van der Waals surface area (Å²) in [5, 5.41) is 3.34. The molecule has 6 heteroatoms. The first-order valence-corrected chi connectivity index (χ1v) is 9.51. The minimum atomic E-state index is 0.0441. The van der Waals surface area contributed by atoms with Crippen molar-refractivity contribution in [1.82, 2.24) is 20.1 Å². The maximum atomic E-state index is 12.6. The van der Waals surface area contributed by atoms with Gasteiger partial charge in [0.2, 0.25) is 0 Å². The van der Waals surface area contributed by atoms with E-state index < -0.39 is 0 Å². The van der Waals surface area contributed by atoms with Gasteiger partial charge in [0.15, 0.2) is 0 Å². The first-order valence-electron chi connectivity index (χ1n) is 9.51. The first-order chi connectivity index (χ1) is 12.3. The third-order valence-corrected chi connectivity index (χ3v) is 5.95. The molecule has 1 N–H and O–H groups in total. The maximum absolute atomic E-state index is 12.6. The van der Waals surface area contributed by atoms with Gasteiger partial charge in [-0.2, -0.15) is 0 Å². The van der Waals surface area contributed by atoms with Gasteiger partial charge < -0.3 is 15.0 Å². The van der Waals surface area contributed by atoms with Gasteiger partial charge in [-0.25, -0.2) is 4.79 Å². The smallest absolute Gasteiger partial charge is 0.317 e. The summed E-state index contributed by atoms with van der Waals surface area (Å²) in [6, 6.07) is 6.40. The fraction of sp³-hybridized carbons (Fsp3) is 0.684. The lowest BCUT2D eigenvalue weighted by atomic mass is 9.77. The predicted molar refractivity (Wildman–Crippen MR) is 95.1 cm³/mol. The number of amides is 2. The van der Waals surface area contributed by atoms with Crippen molar-refractivity contribution in [3.63, 3.8) is 0 Å². The van der Waals surface area contributed by atoms with Crippen LogP contribution in [0.4, 0.5) is 4.79 Å². The summed E-state index contributed by atoms with van der Waals surface area (Å²) in [4.78, 5) is 21.4. The Labute approximate surface area is 149 Å². The fourth-order valence-corrected chi connectivity index (χ4v) is 4.51. The Morgan fingerprint density at radius 2 is 2.20 bits per heavy atom. The number of hydrogen-bond donors (Lipinski definition) is 1. The molecule has 1 spiro atoms. The zero-order chi connectivity index (χ0) is 17.1. The summed E-state index contributed by atoms with van der Waals surface area (Å²) in [5.74, 6) is 0. The summed E-state index contributed by atoms with van der Waals surface area (Å²) >= 11 is 0. The van der Waals surface area contributed by atoms with Crippen LogP contribution >= 0.6 is 0 Å². The van der Waals surface area contributed by atoms with Crippen molar-refractivity contribution in [3.05, 3.63) is 30.1 Å². The van der Waals surface area contributed by atoms with Gasteiger partial charge in [-0.05, 0) is 44.4 Å². The molecule has 3 aliphatic heterocycles. The average molecular weight is 344 g/mol. The zero-order valence-electron chi connectivity index (χ0n) is 14.8. The van der Waals surface area contributed by atoms with E-state index in [-0.39, 0.29) is 17.5 Å². The van der Waals surface area contributed by atoms with Crippen molar-refractivity contribution in [2.24, 2.45) is 5.41 Å². The van der Waals surface area contributed by atoms with Crippen LogP contribution in [0, 0.1) is 5.41 Å². The van der Waals surface area contributed by atoms with Gasteiger partial charge >= 0.3 is 6.03 Å². The van der Waals surface area contributed by atoms with Crippen LogP contribution in [0.5, 0.6) is 0 Å². The standard InChI is InChI=1S/C19H28N4O2/c24-18(23-9-3-4-10-23)21-17-6-12-25-15-19(17)7-11-22(14-19)13-16-5-1-2-8-20-16/h1-2,5,8,17H,3-4,6-7,9-15H2,(H,21,24)/t17-,19-/m1/s1. The molecule has 3 saturated heterocycles. The van der Waals surface area contributed by atoms with Crippen LogP contribution in [0.1, 0.15) is 31.4 Å². The number of ether oxygens (including phenoxy) is 1. The van der Waals surface area contributed by atoms with Crippen LogP contribution in [0.15, 0.2) is 24.4 Å². The molecule has 0 aliphatic carbocycles. The molecule has 0 aromatic carbocycles. The summed E-state index contributed by atoms with van der Waals surface area (Å²) in [7, 11) is 0. The molecule has 2 amide bonds. The van der Waals surface area contributed by atoms with Gasteiger partial charge in [0, 0.05) is 50.4 Å². The van der Waals surface area contributed by atoms with Crippen molar-refractivity contribution in [2.75, 3.05) is 39.4 Å². The summed E-state index contributed by atoms with van der Waals surface area (Å²) < 4.78 is 5.84. The molecular formula is C19H28N4O2. The fourth-order valence-electron chi connectivity index (χ4n) is 4.51. The lowest BCUT2D eigenvalue weighted by Gasteiger charge is -2.42. The Morgan fingerprint density at radius 1 is 1.32 bits per heavy atom. The average Bonchev–Trinajstić information content (AvgIpc) is 3.29. The highest BCUT2D eigenvalue weighted by Gasteiger charge is 2.47. The normalized spacial score (nSPS) is 30.1. The number of nitrogens with one attached hydrogen (secondary N) is 1. The van der Waals surface area contributed by atoms with Crippen molar-refractivity contribution in [2.45, 2.75) is 38.3 Å². The Morgan fingerprint density at radius 3 is 3.00 bits per heavy atom. The number of hydrogen-bond acceptors (Lipinski definition) is 4. The quantitative estimate of drug-likeness (QED) is 0.909. The molecule has 0 saturated carbocycles. The molecule has 3 fully saturated rings. The van der Waals surface area contributed by atoms with Crippen LogP contribution in [0.2, 0.25) is 0 Å². The van der Waals surface area contributed by atoms with Gasteiger partial charge in [0.25, 0.3) is 0 Å². The molecule has 2 atom stereocenters. The highest BCUT2D eigenvalue weighted by atomic mass is 16.5. The van der Waals surface area contributed by atoms with Crippen molar-refractivity contribution in [1.29, 1.82) is 0 Å². The SMILES string of the molecule is O=C(N[C@@H]1CCOC[C@]12CCN(Cc1ccccn1)C2)N1CCCC1. The minimum absolute atomic E-state index is 0.0441. The van der Waals surface area contributed by atoms with E-state index in [1.807, 2.05) is 23.2 Å². The Balaban J connectivity index is 1.40. The number of likely N-dealkylation sites (tertiary alicyclic amines) is 2. The molecule has 6 nitrogen and oxygen atoms in total. The lowest BCUT2D eigenvalue weighted by Crippen LogP contribution is -2.56. The second-order valence-electron chi connectivity index (χ2n) is 7.68. The van der Waals surface area contributed by atoms with Crippen LogP contribution in [-0.2, 0) is 11.3 Å². The first kappa shape index (κ1) is 16.8. The molecule has 136 valence electrons. The van der Waals surface area contributed by atoms with E-state index in [0.717, 1.165) is 77.3 Å². The topological polar surface area (TPSA) is 57.7 Å². The number of urea groups is 1. The van der Waals surface area contributed by atoms with Crippen LogP contribution in [-0.4, -0.2) is 66.2 Å². The van der Waals surface area contributed by atoms with E-state index in [1.165, 1.54) is 0 Å². The molecule has 1 aromatic rings. The number of pyridine rings is 1. The van der Waals surface area contributed by atoms with E-state index in [0.29, 0.717) is 0 Å². The summed E-state index contributed by atoms with van der Waals surface area (Å²) in [6.07, 6.45) is 6.10. The van der Waals surface area contributed by atoms with Gasteiger partial charge in [-0.1, -0.05) is 6.07 Å². The van der Waals surface area contributed by atoms with Gasteiger partial charge in [-0.3, -0.25) is 9.88 Å². The Bertz CT molecular complexity index is 590. The molecule has 0 bridgehead atoms. The minimum Gasteiger partial charge on any atom is -0.381 e. The van der Waals surface area contributed by atoms with Crippen LogP contribution < -0.4 is 5.32 Å². The second-order valence-corrected chi connectivity index (χ2v) is 7.68. The highest BCUT2D eigenvalue weighted by Crippen LogP contribution is 2.39. The van der Waals surface area contributed by atoms with E-state index in [9.17, 15) is 4.79 Å². The number of carbonyl (C=O) groups is 1. The van der Waals surface area contributed by atoms with Crippen LogP contribution in [0.3, 0.4) is 0 Å². The third kappa shape index (κ3) is 3.65. The monoisotopic (exact) mass is 344 g/mol.